The predicted molar refractivity (Wildman–Crippen MR) is 97.7 cm³/mol. The van der Waals surface area contributed by atoms with E-state index in [1.807, 2.05) is 0 Å². The molecule has 1 aliphatic heterocycles. The zero-order chi connectivity index (χ0) is 21.7. The van der Waals surface area contributed by atoms with Crippen LogP contribution in [0.25, 0.3) is 0 Å². The molecule has 1 aromatic heterocycles. The van der Waals surface area contributed by atoms with Gasteiger partial charge in [-0.1, -0.05) is 0 Å². The first kappa shape index (κ1) is 21.3. The molecule has 2 heterocycles. The first-order valence-electron chi connectivity index (χ1n) is 8.67. The van der Waals surface area contributed by atoms with Crippen molar-refractivity contribution in [2.75, 3.05) is 25.5 Å². The summed E-state index contributed by atoms with van der Waals surface area (Å²) in [5.41, 5.74) is 3.48. The molecule has 3 rings (SSSR count). The number of nitrogens with one attached hydrogen (secondary N) is 1. The minimum absolute atomic E-state index is 0.104. The maximum Gasteiger partial charge on any atom is 0.283 e. The van der Waals surface area contributed by atoms with Gasteiger partial charge in [0, 0.05) is 17.7 Å². The molecule has 0 aliphatic carbocycles. The van der Waals surface area contributed by atoms with Crippen LogP contribution in [-0.4, -0.2) is 48.2 Å². The summed E-state index contributed by atoms with van der Waals surface area (Å²) < 4.78 is 63.2. The topological polar surface area (TPSA) is 112 Å². The van der Waals surface area contributed by atoms with E-state index >= 15 is 0 Å². The van der Waals surface area contributed by atoms with E-state index in [4.69, 9.17) is 10.5 Å². The number of benzene rings is 1. The number of amides is 1. The molecule has 2 atom stereocenters. The molecule has 30 heavy (non-hydrogen) atoms. The Labute approximate surface area is 168 Å². The summed E-state index contributed by atoms with van der Waals surface area (Å²) in [7, 11) is 0. The molecule has 1 amide bonds. The van der Waals surface area contributed by atoms with Crippen LogP contribution in [-0.2, 0) is 10.3 Å². The van der Waals surface area contributed by atoms with Crippen molar-refractivity contribution in [1.82, 2.24) is 9.97 Å². The minimum Gasteiger partial charge on any atom is -0.459 e. The number of rotatable bonds is 7. The minimum atomic E-state index is -1.80. The number of hydrogen-bond acceptors (Lipinski definition) is 7. The Morgan fingerprint density at radius 2 is 2.10 bits per heavy atom. The maximum absolute atomic E-state index is 14.5. The molecule has 0 spiro atoms. The fourth-order valence-electron chi connectivity index (χ4n) is 3.00. The van der Waals surface area contributed by atoms with E-state index in [0.29, 0.717) is 0 Å². The molecule has 1 aromatic carbocycles. The summed E-state index contributed by atoms with van der Waals surface area (Å²) in [6.07, 6.45) is 0.745. The largest absolute Gasteiger partial charge is 0.459 e. The van der Waals surface area contributed by atoms with E-state index in [9.17, 15) is 22.4 Å². The van der Waals surface area contributed by atoms with Gasteiger partial charge in [-0.3, -0.25) is 4.79 Å². The highest BCUT2D eigenvalue weighted by atomic mass is 19.1. The normalized spacial score (nSPS) is 20.8. The molecule has 8 nitrogen and oxygen atoms in total. The van der Waals surface area contributed by atoms with Crippen LogP contribution >= 0.6 is 0 Å². The number of anilines is 1. The van der Waals surface area contributed by atoms with Crippen LogP contribution in [0.15, 0.2) is 35.6 Å². The number of ether oxygens (including phenoxy) is 2. The SMILES string of the molecule is NC1=N[C@](CF)(c2cc(NC(=O)c3cnc(OCF)cn3)ccc2F)C[C@@H](CF)O1. The number of alkyl halides is 3. The number of amidine groups is 1. The first-order chi connectivity index (χ1) is 14.4. The van der Waals surface area contributed by atoms with Gasteiger partial charge in [0.25, 0.3) is 11.9 Å². The van der Waals surface area contributed by atoms with Gasteiger partial charge < -0.3 is 20.5 Å². The van der Waals surface area contributed by atoms with E-state index in [2.05, 4.69) is 25.0 Å². The average molecular weight is 427 g/mol. The van der Waals surface area contributed by atoms with Gasteiger partial charge in [0.15, 0.2) is 0 Å². The molecule has 0 radical (unpaired) electrons. The quantitative estimate of drug-likeness (QED) is 0.657. The highest BCUT2D eigenvalue weighted by Gasteiger charge is 2.42. The van der Waals surface area contributed by atoms with Gasteiger partial charge in [-0.05, 0) is 18.2 Å². The van der Waals surface area contributed by atoms with Gasteiger partial charge in [-0.2, -0.15) is 0 Å². The summed E-state index contributed by atoms with van der Waals surface area (Å²) in [5.74, 6) is -1.63. The van der Waals surface area contributed by atoms with Crippen molar-refractivity contribution < 1.29 is 31.8 Å². The van der Waals surface area contributed by atoms with Gasteiger partial charge in [0.2, 0.25) is 12.7 Å². The van der Waals surface area contributed by atoms with Crippen LogP contribution in [0.1, 0.15) is 22.5 Å². The standard InChI is InChI=1S/C18H17F4N5O3/c19-5-11-4-18(8-20,27-17(23)30-11)12-3-10(1-2-13(12)22)26-16(28)14-6-25-15(7-24-14)29-9-21/h1-3,6-7,11H,4-5,8-9H2,(H2,23,27)(H,26,28)/t11-,18+/m0/s1. The highest BCUT2D eigenvalue weighted by molar-refractivity contribution is 6.02. The summed E-state index contributed by atoms with van der Waals surface area (Å²) in [6, 6.07) is 2.98. The number of carbonyl (C=O) groups is 1. The third-order valence-corrected chi connectivity index (χ3v) is 4.36. The van der Waals surface area contributed by atoms with Crippen molar-refractivity contribution in [3.63, 3.8) is 0 Å². The van der Waals surface area contributed by atoms with Crippen LogP contribution in [0.3, 0.4) is 0 Å². The third kappa shape index (κ3) is 4.42. The second-order valence-corrected chi connectivity index (χ2v) is 6.36. The zero-order valence-electron chi connectivity index (χ0n) is 15.4. The Kier molecular flexibility index (Phi) is 6.33. The lowest BCUT2D eigenvalue weighted by Crippen LogP contribution is -2.43. The molecular formula is C18H17F4N5O3. The lowest BCUT2D eigenvalue weighted by molar-refractivity contribution is 0.0781. The molecular weight excluding hydrogens is 410 g/mol. The average Bonchev–Trinajstić information content (AvgIpc) is 2.75. The summed E-state index contributed by atoms with van der Waals surface area (Å²) in [6.45, 7) is -3.23. The number of hydrogen-bond donors (Lipinski definition) is 2. The second-order valence-electron chi connectivity index (χ2n) is 6.36. The molecule has 3 N–H and O–H groups in total. The third-order valence-electron chi connectivity index (χ3n) is 4.36. The molecule has 0 bridgehead atoms. The monoisotopic (exact) mass is 427 g/mol. The van der Waals surface area contributed by atoms with Crippen molar-refractivity contribution >= 4 is 17.6 Å². The number of aromatic nitrogens is 2. The van der Waals surface area contributed by atoms with Crippen LogP contribution in [0.4, 0.5) is 23.2 Å². The zero-order valence-corrected chi connectivity index (χ0v) is 15.4. The number of nitrogens with two attached hydrogens (primary N) is 1. The number of halogens is 4. The van der Waals surface area contributed by atoms with Gasteiger partial charge in [-0.15, -0.1) is 0 Å². The summed E-state index contributed by atoms with van der Waals surface area (Å²) in [4.78, 5) is 23.7. The second kappa shape index (κ2) is 8.93. The van der Waals surface area contributed by atoms with Crippen molar-refractivity contribution in [2.45, 2.75) is 18.1 Å². The van der Waals surface area contributed by atoms with Crippen LogP contribution in [0, 0.1) is 5.82 Å². The van der Waals surface area contributed by atoms with Crippen LogP contribution in [0.5, 0.6) is 5.88 Å². The van der Waals surface area contributed by atoms with Crippen LogP contribution < -0.4 is 15.8 Å². The van der Waals surface area contributed by atoms with Crippen molar-refractivity contribution in [2.24, 2.45) is 10.7 Å². The van der Waals surface area contributed by atoms with Gasteiger partial charge in [0.1, 0.15) is 36.5 Å². The lowest BCUT2D eigenvalue weighted by Gasteiger charge is -2.35. The molecule has 0 saturated heterocycles. The molecule has 0 saturated carbocycles. The van der Waals surface area contributed by atoms with Gasteiger partial charge in [0.05, 0.1) is 12.4 Å². The van der Waals surface area contributed by atoms with E-state index in [1.165, 1.54) is 12.1 Å². The fourth-order valence-corrected chi connectivity index (χ4v) is 3.00. The molecule has 160 valence electrons. The van der Waals surface area contributed by atoms with Crippen molar-refractivity contribution in [3.05, 3.63) is 47.7 Å². The van der Waals surface area contributed by atoms with Crippen LogP contribution in [0.2, 0.25) is 0 Å². The Bertz CT molecular complexity index is 944. The first-order valence-corrected chi connectivity index (χ1v) is 8.67. The fraction of sp³-hybridized carbons (Fsp3) is 0.333. The Morgan fingerprint density at radius 1 is 1.30 bits per heavy atom. The van der Waals surface area contributed by atoms with E-state index < -0.39 is 49.6 Å². The Balaban J connectivity index is 1.87. The Morgan fingerprint density at radius 3 is 2.73 bits per heavy atom. The molecule has 0 unspecified atom stereocenters. The van der Waals surface area contributed by atoms with E-state index in [0.717, 1.165) is 18.5 Å². The predicted octanol–water partition coefficient (Wildman–Crippen LogP) is 2.41. The van der Waals surface area contributed by atoms with Gasteiger partial charge in [-0.25, -0.2) is 32.5 Å². The number of nitrogens with zero attached hydrogens (tertiary/aromatic N) is 3. The Hall–Kier alpha value is -3.44. The smallest absolute Gasteiger partial charge is 0.283 e. The van der Waals surface area contributed by atoms with E-state index in [1.54, 1.807) is 0 Å². The molecule has 2 aromatic rings. The summed E-state index contributed by atoms with van der Waals surface area (Å²) in [5, 5.41) is 2.46. The summed E-state index contributed by atoms with van der Waals surface area (Å²) >= 11 is 0. The maximum atomic E-state index is 14.5. The molecule has 1 aliphatic rings. The van der Waals surface area contributed by atoms with E-state index in [-0.39, 0.29) is 29.2 Å². The highest BCUT2D eigenvalue weighted by Crippen LogP contribution is 2.38. The van der Waals surface area contributed by atoms with Gasteiger partial charge >= 0.3 is 0 Å². The lowest BCUT2D eigenvalue weighted by atomic mass is 9.85. The molecule has 12 heteroatoms. The van der Waals surface area contributed by atoms with Crippen molar-refractivity contribution in [1.29, 1.82) is 0 Å². The number of aliphatic imine (C=N–C) groups is 1. The number of carbonyl (C=O) groups excluding carboxylic acids is 1. The molecule has 0 fully saturated rings. The van der Waals surface area contributed by atoms with Crippen molar-refractivity contribution in [3.8, 4) is 5.88 Å².